The van der Waals surface area contributed by atoms with Gasteiger partial charge in [-0.25, -0.2) is 0 Å². The van der Waals surface area contributed by atoms with Gasteiger partial charge >= 0.3 is 0 Å². The van der Waals surface area contributed by atoms with Gasteiger partial charge in [0.15, 0.2) is 0 Å². The van der Waals surface area contributed by atoms with E-state index in [1.807, 2.05) is 30.3 Å². The SMILES string of the molecule is Cl.N=C(C=S)OCc1ccccc1. The molecule has 1 N–H and O–H groups in total. The third-order valence-electron chi connectivity index (χ3n) is 1.34. The highest BCUT2D eigenvalue weighted by atomic mass is 35.5. The zero-order valence-electron chi connectivity index (χ0n) is 6.90. The Hall–Kier alpha value is -0.930. The van der Waals surface area contributed by atoms with Crippen molar-refractivity contribution in [1.29, 1.82) is 5.41 Å². The summed E-state index contributed by atoms with van der Waals surface area (Å²) in [5.74, 6) is 0.0360. The fraction of sp³-hybridized carbons (Fsp3) is 0.111. The molecule has 0 aliphatic heterocycles. The van der Waals surface area contributed by atoms with E-state index in [1.165, 1.54) is 5.37 Å². The van der Waals surface area contributed by atoms with Gasteiger partial charge in [-0.3, -0.25) is 5.41 Å². The van der Waals surface area contributed by atoms with Crippen LogP contribution in [0.15, 0.2) is 30.3 Å². The third-order valence-corrected chi connectivity index (χ3v) is 1.56. The number of thiocarbonyl (C=S) groups is 1. The normalized spacial score (nSPS) is 8.31. The molecule has 13 heavy (non-hydrogen) atoms. The minimum Gasteiger partial charge on any atom is -0.473 e. The number of hydrogen-bond donors (Lipinski definition) is 1. The molecule has 0 spiro atoms. The first-order valence-electron chi connectivity index (χ1n) is 3.53. The topological polar surface area (TPSA) is 33.1 Å². The van der Waals surface area contributed by atoms with Crippen molar-refractivity contribution in [2.75, 3.05) is 0 Å². The molecule has 0 heterocycles. The summed E-state index contributed by atoms with van der Waals surface area (Å²) in [5.41, 5.74) is 1.04. The second-order valence-electron chi connectivity index (χ2n) is 2.26. The van der Waals surface area contributed by atoms with E-state index in [-0.39, 0.29) is 18.3 Å². The van der Waals surface area contributed by atoms with Crippen molar-refractivity contribution >= 4 is 35.9 Å². The molecule has 4 heteroatoms. The molecule has 1 aromatic rings. The maximum atomic E-state index is 7.10. The minimum atomic E-state index is 0. The van der Waals surface area contributed by atoms with Gasteiger partial charge in [-0.2, -0.15) is 0 Å². The molecule has 0 saturated carbocycles. The minimum absolute atomic E-state index is 0. The van der Waals surface area contributed by atoms with Gasteiger partial charge in [0.2, 0.25) is 5.90 Å². The Balaban J connectivity index is 0.00000144. The van der Waals surface area contributed by atoms with E-state index in [1.54, 1.807) is 0 Å². The van der Waals surface area contributed by atoms with Crippen LogP contribution < -0.4 is 0 Å². The standard InChI is InChI=1S/C9H9NOS.ClH/c10-9(7-12)11-6-8-4-2-1-3-5-8;/h1-5,7,10H,6H2;1H. The Morgan fingerprint density at radius 3 is 2.54 bits per heavy atom. The fourth-order valence-corrected chi connectivity index (χ4v) is 0.837. The Morgan fingerprint density at radius 1 is 1.38 bits per heavy atom. The van der Waals surface area contributed by atoms with Crippen LogP contribution in [0.1, 0.15) is 5.56 Å². The summed E-state index contributed by atoms with van der Waals surface area (Å²) in [5, 5.41) is 8.32. The summed E-state index contributed by atoms with van der Waals surface area (Å²) >= 11 is 4.52. The Labute approximate surface area is 88.8 Å². The molecule has 0 aliphatic carbocycles. The first-order valence-corrected chi connectivity index (χ1v) is 4.00. The van der Waals surface area contributed by atoms with E-state index < -0.39 is 0 Å². The first-order chi connectivity index (χ1) is 5.83. The molecule has 0 aromatic heterocycles. The molecule has 2 nitrogen and oxygen atoms in total. The maximum Gasteiger partial charge on any atom is 0.217 e. The summed E-state index contributed by atoms with van der Waals surface area (Å²) in [6.07, 6.45) is 0. The zero-order chi connectivity index (χ0) is 8.81. The van der Waals surface area contributed by atoms with Crippen LogP contribution in [-0.4, -0.2) is 11.3 Å². The average Bonchev–Trinajstić information content (AvgIpc) is 2.16. The van der Waals surface area contributed by atoms with E-state index in [2.05, 4.69) is 12.2 Å². The lowest BCUT2D eigenvalue weighted by atomic mass is 10.2. The third kappa shape index (κ3) is 4.60. The second kappa shape index (κ2) is 6.57. The smallest absolute Gasteiger partial charge is 0.217 e. The van der Waals surface area contributed by atoms with Gasteiger partial charge in [-0.15, -0.1) is 12.4 Å². The molecule has 1 aromatic carbocycles. The summed E-state index contributed by atoms with van der Waals surface area (Å²) in [7, 11) is 0. The average molecular weight is 216 g/mol. The molecule has 0 aliphatic rings. The highest BCUT2D eigenvalue weighted by Gasteiger charge is 1.93. The molecule has 0 fully saturated rings. The fourth-order valence-electron chi connectivity index (χ4n) is 0.769. The van der Waals surface area contributed by atoms with Crippen molar-refractivity contribution in [2.24, 2.45) is 0 Å². The van der Waals surface area contributed by atoms with Gasteiger partial charge < -0.3 is 4.74 Å². The number of rotatable bonds is 3. The predicted octanol–water partition coefficient (Wildman–Crippen LogP) is 2.60. The maximum absolute atomic E-state index is 7.10. The molecular formula is C9H10ClNOS. The van der Waals surface area contributed by atoms with Crippen LogP contribution in [0.2, 0.25) is 0 Å². The Bertz CT molecular complexity index is 276. The Kier molecular flexibility index (Phi) is 6.10. The van der Waals surface area contributed by atoms with E-state index in [4.69, 9.17) is 10.1 Å². The molecule has 70 valence electrons. The van der Waals surface area contributed by atoms with Crippen LogP contribution in [0.25, 0.3) is 0 Å². The summed E-state index contributed by atoms with van der Waals surface area (Å²) in [6, 6.07) is 9.68. The van der Waals surface area contributed by atoms with Crippen molar-refractivity contribution in [3.05, 3.63) is 35.9 Å². The van der Waals surface area contributed by atoms with Crippen LogP contribution in [0.5, 0.6) is 0 Å². The van der Waals surface area contributed by atoms with Crippen molar-refractivity contribution < 1.29 is 4.74 Å². The molecule has 1 rings (SSSR count). The zero-order valence-corrected chi connectivity index (χ0v) is 8.53. The lowest BCUT2D eigenvalue weighted by Crippen LogP contribution is -2.02. The number of benzene rings is 1. The predicted molar refractivity (Wildman–Crippen MR) is 59.9 cm³/mol. The van der Waals surface area contributed by atoms with Gasteiger partial charge in [0.25, 0.3) is 0 Å². The lowest BCUT2D eigenvalue weighted by molar-refractivity contribution is 0.297. The van der Waals surface area contributed by atoms with Crippen molar-refractivity contribution in [2.45, 2.75) is 6.61 Å². The lowest BCUT2D eigenvalue weighted by Gasteiger charge is -2.02. The number of halogens is 1. The first kappa shape index (κ1) is 12.1. The van der Waals surface area contributed by atoms with Crippen LogP contribution in [-0.2, 0) is 11.3 Å². The number of ether oxygens (including phenoxy) is 1. The van der Waals surface area contributed by atoms with Gasteiger partial charge in [-0.1, -0.05) is 42.5 Å². The monoisotopic (exact) mass is 215 g/mol. The van der Waals surface area contributed by atoms with Crippen molar-refractivity contribution in [3.63, 3.8) is 0 Å². The molecule has 0 atom stereocenters. The molecule has 0 saturated heterocycles. The molecule has 0 amide bonds. The number of nitrogens with one attached hydrogen (secondary N) is 1. The largest absolute Gasteiger partial charge is 0.473 e. The molecular weight excluding hydrogens is 206 g/mol. The summed E-state index contributed by atoms with van der Waals surface area (Å²) < 4.78 is 5.00. The van der Waals surface area contributed by atoms with Crippen LogP contribution >= 0.6 is 24.6 Å². The second-order valence-corrected chi connectivity index (χ2v) is 2.49. The molecule has 0 bridgehead atoms. The number of hydrogen-bond acceptors (Lipinski definition) is 3. The van der Waals surface area contributed by atoms with Gasteiger partial charge in [-0.05, 0) is 5.56 Å². The Morgan fingerprint density at radius 2 is 2.00 bits per heavy atom. The van der Waals surface area contributed by atoms with Crippen molar-refractivity contribution in [3.8, 4) is 0 Å². The van der Waals surface area contributed by atoms with E-state index in [0.29, 0.717) is 6.61 Å². The highest BCUT2D eigenvalue weighted by molar-refractivity contribution is 7.80. The highest BCUT2D eigenvalue weighted by Crippen LogP contribution is 1.99. The van der Waals surface area contributed by atoms with E-state index in [0.717, 1.165) is 5.56 Å². The van der Waals surface area contributed by atoms with Gasteiger partial charge in [0.05, 0.1) is 5.37 Å². The van der Waals surface area contributed by atoms with E-state index >= 15 is 0 Å². The van der Waals surface area contributed by atoms with Gasteiger partial charge in [0.1, 0.15) is 6.61 Å². The van der Waals surface area contributed by atoms with Crippen LogP contribution in [0.3, 0.4) is 0 Å². The van der Waals surface area contributed by atoms with E-state index in [9.17, 15) is 0 Å². The van der Waals surface area contributed by atoms with Crippen LogP contribution in [0, 0.1) is 5.41 Å². The summed E-state index contributed by atoms with van der Waals surface area (Å²) in [4.78, 5) is 0. The molecule has 0 unspecified atom stereocenters. The molecule has 0 radical (unpaired) electrons. The summed E-state index contributed by atoms with van der Waals surface area (Å²) in [6.45, 7) is 0.410. The van der Waals surface area contributed by atoms with Crippen molar-refractivity contribution in [1.82, 2.24) is 0 Å². The van der Waals surface area contributed by atoms with Gasteiger partial charge in [0, 0.05) is 0 Å². The van der Waals surface area contributed by atoms with Crippen LogP contribution in [0.4, 0.5) is 0 Å². The quantitative estimate of drug-likeness (QED) is 0.478.